The van der Waals surface area contributed by atoms with E-state index < -0.39 is 51.6 Å². The van der Waals surface area contributed by atoms with Gasteiger partial charge in [0, 0.05) is 29.1 Å². The number of Topliss-reactive ketones (excluding diaryl/α,β-unsaturated/α-hetero) is 2. The van der Waals surface area contributed by atoms with Crippen molar-refractivity contribution in [3.63, 3.8) is 0 Å². The Morgan fingerprint density at radius 2 is 1.64 bits per heavy atom. The third-order valence-corrected chi connectivity index (χ3v) is 8.57. The fourth-order valence-corrected chi connectivity index (χ4v) is 6.89. The normalized spacial score (nSPS) is 23.2. The summed E-state index contributed by atoms with van der Waals surface area (Å²) in [5.74, 6) is -3.88. The maximum Gasteiger partial charge on any atom is 0.270 e. The van der Waals surface area contributed by atoms with Gasteiger partial charge in [-0.1, -0.05) is 72.8 Å². The number of nitrogens with zero attached hydrogens (tertiary/aromatic N) is 2. The zero-order valence-corrected chi connectivity index (χ0v) is 21.9. The van der Waals surface area contributed by atoms with Gasteiger partial charge in [-0.05, 0) is 35.4 Å². The number of rotatable bonds is 5. The van der Waals surface area contributed by atoms with Gasteiger partial charge < -0.3 is 10.2 Å². The molecule has 0 aliphatic carbocycles. The van der Waals surface area contributed by atoms with Crippen LogP contribution in [0.5, 0.6) is 0 Å². The number of ketones is 2. The molecule has 7 rings (SSSR count). The van der Waals surface area contributed by atoms with Crippen LogP contribution in [-0.4, -0.2) is 34.5 Å². The molecule has 0 saturated carbocycles. The highest BCUT2D eigenvalue weighted by Gasteiger charge is 2.70. The molecule has 0 radical (unpaired) electrons. The minimum atomic E-state index is -1.60. The molecule has 3 aliphatic rings. The molecule has 1 amide bonds. The lowest BCUT2D eigenvalue weighted by atomic mass is 9.64. The van der Waals surface area contributed by atoms with Crippen LogP contribution in [0.4, 0.5) is 21.5 Å². The molecule has 3 aliphatic heterocycles. The molecular formula is C33H22FN3O5. The molecule has 42 heavy (non-hydrogen) atoms. The lowest BCUT2D eigenvalue weighted by molar-refractivity contribution is -0.384. The number of anilines is 2. The van der Waals surface area contributed by atoms with E-state index in [4.69, 9.17) is 0 Å². The highest BCUT2D eigenvalue weighted by atomic mass is 19.1. The van der Waals surface area contributed by atoms with Gasteiger partial charge >= 0.3 is 0 Å². The summed E-state index contributed by atoms with van der Waals surface area (Å²) < 4.78 is 15.2. The number of hydrogen-bond donors (Lipinski definition) is 1. The number of nitro groups is 1. The summed E-state index contributed by atoms with van der Waals surface area (Å²) in [6, 6.07) is 23.0. The third kappa shape index (κ3) is 3.43. The van der Waals surface area contributed by atoms with Gasteiger partial charge in [0.05, 0.1) is 22.4 Å². The van der Waals surface area contributed by atoms with Gasteiger partial charge in [0.15, 0.2) is 11.6 Å². The van der Waals surface area contributed by atoms with Crippen LogP contribution in [0.2, 0.25) is 0 Å². The number of halogens is 1. The van der Waals surface area contributed by atoms with E-state index >= 15 is 4.39 Å². The fourth-order valence-electron chi connectivity index (χ4n) is 6.89. The fraction of sp³-hybridized carbons (Fsp3) is 0.121. The summed E-state index contributed by atoms with van der Waals surface area (Å²) in [6.45, 7) is 0. The monoisotopic (exact) mass is 559 g/mol. The van der Waals surface area contributed by atoms with Crippen molar-refractivity contribution in [1.29, 1.82) is 0 Å². The summed E-state index contributed by atoms with van der Waals surface area (Å²) in [4.78, 5) is 56.3. The van der Waals surface area contributed by atoms with Crippen molar-refractivity contribution < 1.29 is 23.7 Å². The Balaban J connectivity index is 1.55. The molecule has 9 heteroatoms. The van der Waals surface area contributed by atoms with Gasteiger partial charge in [-0.3, -0.25) is 24.5 Å². The molecule has 0 unspecified atom stereocenters. The van der Waals surface area contributed by atoms with Crippen molar-refractivity contribution in [2.24, 2.45) is 5.92 Å². The molecule has 0 aromatic heterocycles. The summed E-state index contributed by atoms with van der Waals surface area (Å²) in [7, 11) is 0. The molecule has 1 fully saturated rings. The minimum absolute atomic E-state index is 0.0193. The summed E-state index contributed by atoms with van der Waals surface area (Å²) >= 11 is 0. The van der Waals surface area contributed by atoms with E-state index in [-0.39, 0.29) is 16.8 Å². The van der Waals surface area contributed by atoms with Crippen LogP contribution in [0.15, 0.2) is 103 Å². The van der Waals surface area contributed by atoms with E-state index in [0.717, 1.165) is 11.6 Å². The van der Waals surface area contributed by atoms with Crippen LogP contribution in [-0.2, 0) is 10.2 Å². The van der Waals surface area contributed by atoms with Gasteiger partial charge in [-0.15, -0.1) is 0 Å². The maximum absolute atomic E-state index is 15.2. The van der Waals surface area contributed by atoms with Gasteiger partial charge in [0.2, 0.25) is 5.91 Å². The lowest BCUT2D eigenvalue weighted by Gasteiger charge is -2.37. The molecule has 1 N–H and O–H groups in total. The van der Waals surface area contributed by atoms with Crippen molar-refractivity contribution in [3.05, 3.63) is 141 Å². The number of non-ortho nitro benzene ring substituents is 1. The van der Waals surface area contributed by atoms with Crippen molar-refractivity contribution in [2.45, 2.75) is 17.5 Å². The SMILES string of the molecule is O=C(c1ccccc1F)[C@@H]1[C@H](C(=O)c2cccc([N+](=O)[O-])c2)[C@]2(C(=O)Nc3ccccc32)[C@H]2C=Cc3ccccc3N12. The second-order valence-electron chi connectivity index (χ2n) is 10.6. The second-order valence-corrected chi connectivity index (χ2v) is 10.6. The smallest absolute Gasteiger partial charge is 0.270 e. The first-order valence-corrected chi connectivity index (χ1v) is 13.4. The molecule has 8 nitrogen and oxygen atoms in total. The molecule has 4 aromatic carbocycles. The van der Waals surface area contributed by atoms with E-state index in [1.165, 1.54) is 42.5 Å². The topological polar surface area (TPSA) is 110 Å². The van der Waals surface area contributed by atoms with Gasteiger partial charge in [0.25, 0.3) is 5.69 Å². The predicted molar refractivity (Wildman–Crippen MR) is 154 cm³/mol. The molecule has 1 spiro atoms. The van der Waals surface area contributed by atoms with E-state index in [0.29, 0.717) is 16.9 Å². The van der Waals surface area contributed by atoms with Gasteiger partial charge in [-0.2, -0.15) is 0 Å². The quantitative estimate of drug-likeness (QED) is 0.194. The molecule has 206 valence electrons. The summed E-state index contributed by atoms with van der Waals surface area (Å²) in [6.07, 6.45) is 3.67. The van der Waals surface area contributed by atoms with E-state index in [1.807, 2.05) is 24.3 Å². The minimum Gasteiger partial charge on any atom is -0.352 e. The number of benzene rings is 4. The highest BCUT2D eigenvalue weighted by Crippen LogP contribution is 2.58. The molecule has 4 atom stereocenters. The first-order valence-electron chi connectivity index (χ1n) is 13.4. The molecule has 0 bridgehead atoms. The van der Waals surface area contributed by atoms with E-state index in [2.05, 4.69) is 5.32 Å². The average Bonchev–Trinajstić information content (AvgIpc) is 3.49. The van der Waals surface area contributed by atoms with Crippen molar-refractivity contribution >= 4 is 40.6 Å². The third-order valence-electron chi connectivity index (χ3n) is 8.57. The standard InChI is InChI=1S/C33H22FN3O5/c34-24-13-4-2-11-22(24)31(39)29-28(30(38)20-9-7-10-21(18-20)37(41)42)33(23-12-3-5-14-25(23)35-32(33)40)27-17-16-19-8-1-6-15-26(19)36(27)29/h1-18,27-29H,(H,35,40)/t27-,28-,29+,33-/m1/s1. The maximum atomic E-state index is 15.2. The first-order chi connectivity index (χ1) is 20.3. The molecular weight excluding hydrogens is 537 g/mol. The van der Waals surface area contributed by atoms with Gasteiger partial charge in [0.1, 0.15) is 17.3 Å². The Morgan fingerprint density at radius 1 is 0.905 bits per heavy atom. The summed E-state index contributed by atoms with van der Waals surface area (Å²) in [5, 5.41) is 14.5. The second kappa shape index (κ2) is 9.31. The van der Waals surface area contributed by atoms with Crippen LogP contribution in [0, 0.1) is 21.8 Å². The van der Waals surface area contributed by atoms with Crippen LogP contribution < -0.4 is 10.2 Å². The average molecular weight is 560 g/mol. The number of carbonyl (C=O) groups is 3. The van der Waals surface area contributed by atoms with Crippen LogP contribution in [0.3, 0.4) is 0 Å². The van der Waals surface area contributed by atoms with Crippen molar-refractivity contribution in [1.82, 2.24) is 0 Å². The molecule has 1 saturated heterocycles. The Morgan fingerprint density at radius 3 is 2.45 bits per heavy atom. The Hall–Kier alpha value is -5.44. The highest BCUT2D eigenvalue weighted by molar-refractivity contribution is 6.18. The molecule has 4 aromatic rings. The number of nitrogens with one attached hydrogen (secondary N) is 1. The number of carbonyl (C=O) groups excluding carboxylic acids is 3. The van der Waals surface area contributed by atoms with Crippen molar-refractivity contribution in [2.75, 3.05) is 10.2 Å². The first kappa shape index (κ1) is 25.5. The molecule has 3 heterocycles. The largest absolute Gasteiger partial charge is 0.352 e. The van der Waals surface area contributed by atoms with Crippen LogP contribution in [0.25, 0.3) is 6.08 Å². The summed E-state index contributed by atoms with van der Waals surface area (Å²) in [5.41, 5.74) is 0.281. The van der Waals surface area contributed by atoms with Crippen LogP contribution >= 0.6 is 0 Å². The van der Waals surface area contributed by atoms with Crippen LogP contribution in [0.1, 0.15) is 31.8 Å². The predicted octanol–water partition coefficient (Wildman–Crippen LogP) is 5.59. The van der Waals surface area contributed by atoms with E-state index in [1.54, 1.807) is 41.3 Å². The Labute approximate surface area is 239 Å². The number of hydrogen-bond acceptors (Lipinski definition) is 6. The lowest BCUT2D eigenvalue weighted by Crippen LogP contribution is -2.51. The Kier molecular flexibility index (Phi) is 5.65. The number of fused-ring (bicyclic) bond motifs is 6. The number of para-hydroxylation sites is 2. The number of amides is 1. The van der Waals surface area contributed by atoms with E-state index in [9.17, 15) is 24.5 Å². The van der Waals surface area contributed by atoms with Crippen molar-refractivity contribution in [3.8, 4) is 0 Å². The zero-order chi connectivity index (χ0) is 29.2. The Bertz CT molecular complexity index is 1870. The zero-order valence-electron chi connectivity index (χ0n) is 21.9. The number of nitro benzene ring substituents is 1. The van der Waals surface area contributed by atoms with Gasteiger partial charge in [-0.25, -0.2) is 4.39 Å².